The molecule has 1 fully saturated rings. The number of alkyl carbamates (subject to hydrolysis) is 1. The molecule has 21 heavy (non-hydrogen) atoms. The van der Waals surface area contributed by atoms with Crippen molar-refractivity contribution in [2.75, 3.05) is 27.0 Å². The van der Waals surface area contributed by atoms with E-state index in [1.165, 1.54) is 0 Å². The summed E-state index contributed by atoms with van der Waals surface area (Å²) in [6, 6.07) is -0.801. The van der Waals surface area contributed by atoms with Crippen molar-refractivity contribution in [3.05, 3.63) is 35.5 Å². The predicted octanol–water partition coefficient (Wildman–Crippen LogP) is 1.92. The van der Waals surface area contributed by atoms with Gasteiger partial charge in [-0.25, -0.2) is 4.79 Å². The summed E-state index contributed by atoms with van der Waals surface area (Å²) < 4.78 is 148. The predicted molar refractivity (Wildman–Crippen MR) is 82.5 cm³/mol. The molecule has 112 valence electrons. The Morgan fingerprint density at radius 3 is 3.38 bits per heavy atom. The number of amides is 1. The third-order valence-electron chi connectivity index (χ3n) is 2.55. The molecule has 1 amide bonds. The molecule has 2 N–H and O–H groups in total. The maximum absolute atomic E-state index is 11.8. The number of aromatic nitrogens is 1. The second kappa shape index (κ2) is 5.77. The summed E-state index contributed by atoms with van der Waals surface area (Å²) in [5.74, 6) is 0. The van der Waals surface area contributed by atoms with E-state index in [9.17, 15) is 4.79 Å². The fourth-order valence-corrected chi connectivity index (χ4v) is 1.71. The minimum atomic E-state index is -3.89. The summed E-state index contributed by atoms with van der Waals surface area (Å²) in [7, 11) is 0. The van der Waals surface area contributed by atoms with Crippen molar-refractivity contribution in [1.82, 2.24) is 15.2 Å². The van der Waals surface area contributed by atoms with Crippen LogP contribution in [0.3, 0.4) is 0 Å². The van der Waals surface area contributed by atoms with Crippen molar-refractivity contribution in [3.63, 3.8) is 0 Å². The summed E-state index contributed by atoms with van der Waals surface area (Å²) in [5.41, 5.74) is -2.07. The zero-order chi connectivity index (χ0) is 30.5. The first kappa shape index (κ1) is 4.04. The molecule has 1 aliphatic heterocycles. The highest BCUT2D eigenvalue weighted by Gasteiger charge is 2.22. The minimum Gasteiger partial charge on any atom is -0.447 e. The van der Waals surface area contributed by atoms with E-state index < -0.39 is 79.5 Å². The number of likely N-dealkylation sites (N-methyl/N-ethyl adjacent to an activating group) is 1. The van der Waals surface area contributed by atoms with Crippen molar-refractivity contribution in [2.45, 2.75) is 18.8 Å². The van der Waals surface area contributed by atoms with Crippen molar-refractivity contribution in [3.8, 4) is 0 Å². The molecule has 3 rings (SSSR count). The maximum atomic E-state index is 11.8. The van der Waals surface area contributed by atoms with Gasteiger partial charge in [-0.3, -0.25) is 0 Å². The molecule has 5 nitrogen and oxygen atoms in total. The first-order valence-corrected chi connectivity index (χ1v) is 5.67. The molecule has 0 saturated carbocycles. The monoisotopic (exact) mass is 305 g/mol. The first-order valence-electron chi connectivity index (χ1n) is 14.6. The number of nitrogens with zero attached hydrogens (tertiary/aromatic N) is 1. The third-order valence-corrected chi connectivity index (χ3v) is 2.55. The third kappa shape index (κ3) is 3.19. The van der Waals surface area contributed by atoms with Gasteiger partial charge in [-0.15, -0.1) is 0 Å². The van der Waals surface area contributed by atoms with Gasteiger partial charge in [0, 0.05) is 40.0 Å². The van der Waals surface area contributed by atoms with Crippen LogP contribution in [0.15, 0.2) is 24.4 Å². The van der Waals surface area contributed by atoms with E-state index in [0.717, 1.165) is 18.2 Å². The molecule has 1 aliphatic rings. The molecule has 2 heterocycles. The molecular formula is C16H21N3O2. The molecule has 2 aromatic rings. The number of hydrogen-bond donors (Lipinski definition) is 2. The number of nitrogens with one attached hydrogen (secondary N) is 2. The molecule has 1 aromatic heterocycles. The molecular weight excluding hydrogens is 266 g/mol. The molecule has 1 aromatic carbocycles. The lowest BCUT2D eigenvalue weighted by Crippen LogP contribution is -2.28. The fraction of sp³-hybridized carbons (Fsp3) is 0.438. The normalized spacial score (nSPS) is 40.4. The lowest BCUT2D eigenvalue weighted by atomic mass is 10.0. The van der Waals surface area contributed by atoms with E-state index >= 15 is 0 Å². The molecule has 0 aliphatic carbocycles. The molecule has 0 spiro atoms. The maximum Gasteiger partial charge on any atom is 0.407 e. The van der Waals surface area contributed by atoms with Gasteiger partial charge in [0.15, 0.2) is 2.82 Å². The molecule has 0 radical (unpaired) electrons. The highest BCUT2D eigenvalue weighted by molar-refractivity contribution is 5.84. The van der Waals surface area contributed by atoms with Gasteiger partial charge in [0.25, 0.3) is 0 Å². The Bertz CT molecular complexity index is 1300. The van der Waals surface area contributed by atoms with Crippen molar-refractivity contribution >= 4 is 17.0 Å². The minimum absolute atomic E-state index is 0.293. The van der Waals surface area contributed by atoms with Gasteiger partial charge in [0.2, 0.25) is 0 Å². The summed E-state index contributed by atoms with van der Waals surface area (Å²) in [6.07, 6.45) is -9.68. The Kier molecular flexibility index (Phi) is 1.11. The number of fused-ring (bicyclic) bond motifs is 1. The van der Waals surface area contributed by atoms with Gasteiger partial charge in [0.1, 0.15) is 6.56 Å². The van der Waals surface area contributed by atoms with Crippen molar-refractivity contribution in [2.24, 2.45) is 0 Å². The van der Waals surface area contributed by atoms with E-state index in [2.05, 4.69) is 4.74 Å². The number of carbonyl (C=O) groups excluding carboxylic acids is 1. The van der Waals surface area contributed by atoms with Crippen LogP contribution in [0.2, 0.25) is 2.82 Å². The fourth-order valence-electron chi connectivity index (χ4n) is 1.71. The van der Waals surface area contributed by atoms with E-state index in [0.29, 0.717) is 4.98 Å². The smallest absolute Gasteiger partial charge is 0.407 e. The lowest BCUT2D eigenvalue weighted by molar-refractivity contribution is 0.177. The standard InChI is InChI=1S/C16H21N3O2/c1-19(2)6-5-12-9-17-15-4-3-11(8-14(12)15)7-13-10-21-16(20)18-13/h3-4,8-9,13,17H,5-7,10H2,1-2H3,(H,18,20)/t13-/m0/s1/i1D3,2D3,5D2,6D2,7D2,9D,10D2,13D/hD2. The van der Waals surface area contributed by atoms with Crippen LogP contribution in [0, 0.1) is 0 Å². The number of aryl methyl sites for hydroxylation is 1. The second-order valence-corrected chi connectivity index (χ2v) is 3.96. The first-order chi connectivity index (χ1) is 17.2. The number of ether oxygens (including phenoxy) is 1. The van der Waals surface area contributed by atoms with Crippen LogP contribution < -0.4 is 5.31 Å². The number of hydrogen-bond acceptors (Lipinski definition) is 3. The number of cyclic esters (lactones) is 1. The molecule has 1 saturated heterocycles. The molecule has 1 atom stereocenters. The number of rotatable bonds is 5. The zero-order valence-electron chi connectivity index (χ0n) is 28.4. The number of benzene rings is 1. The van der Waals surface area contributed by atoms with Crippen LogP contribution in [-0.2, 0) is 17.5 Å². The Hall–Kier alpha value is -2.01. The van der Waals surface area contributed by atoms with Crippen molar-refractivity contribution < 1.29 is 34.3 Å². The molecule has 0 unspecified atom stereocenters. The summed E-state index contributed by atoms with van der Waals surface area (Å²) >= 11 is 0. The van der Waals surface area contributed by atoms with Crippen LogP contribution in [0.1, 0.15) is 33.1 Å². The van der Waals surface area contributed by atoms with Crippen molar-refractivity contribution in [1.29, 1.82) is 0 Å². The number of aromatic amines is 1. The van der Waals surface area contributed by atoms with Crippen LogP contribution >= 0.6 is 0 Å². The van der Waals surface area contributed by atoms with Gasteiger partial charge in [-0.1, -0.05) is 6.07 Å². The van der Waals surface area contributed by atoms with Crippen LogP contribution in [0.4, 0.5) is 4.79 Å². The Morgan fingerprint density at radius 1 is 1.71 bits per heavy atom. The Labute approximate surface area is 149 Å². The van der Waals surface area contributed by atoms with Gasteiger partial charge >= 0.3 is 6.09 Å². The second-order valence-electron chi connectivity index (χ2n) is 3.96. The van der Waals surface area contributed by atoms with E-state index in [1.807, 2.05) is 0 Å². The highest BCUT2D eigenvalue weighted by Crippen LogP contribution is 2.21. The van der Waals surface area contributed by atoms with Gasteiger partial charge in [-0.05, 0) is 50.0 Å². The van der Waals surface area contributed by atoms with Crippen LogP contribution in [0.5, 0.6) is 0 Å². The Balaban J connectivity index is 2.34. The number of H-pyrrole nitrogens is 1. The largest absolute Gasteiger partial charge is 0.447 e. The van der Waals surface area contributed by atoms with Crippen LogP contribution in [-0.4, -0.2) is 49.0 Å². The van der Waals surface area contributed by atoms with Gasteiger partial charge in [0.05, 0.1) is 11.5 Å². The van der Waals surface area contributed by atoms with Crippen LogP contribution in [0.25, 0.3) is 10.9 Å². The average Bonchev–Trinajstić information content (AvgIpc) is 3.07. The highest BCUT2D eigenvalue weighted by atomic mass is 16.6. The Morgan fingerprint density at radius 2 is 2.62 bits per heavy atom. The summed E-state index contributed by atoms with van der Waals surface area (Å²) in [5, 5.41) is -0.946. The topological polar surface area (TPSA) is 57.4 Å². The molecule has 0 bridgehead atoms. The SMILES string of the molecule is [2H]c1c(C([2H])([2H])C([2H])([2H])N(C([2H])([2H])[2H])C([2H])([2H])[2H])c2cc(C([2H])([2H])[C@]3([2H])N([2H])C(=O)OC3([2H])[2H])ccc2n1[2H]. The van der Waals surface area contributed by atoms with E-state index in [4.69, 9.17) is 24.8 Å². The lowest BCUT2D eigenvalue weighted by Gasteiger charge is -2.09. The van der Waals surface area contributed by atoms with E-state index in [1.54, 1.807) is 0 Å². The summed E-state index contributed by atoms with van der Waals surface area (Å²) in [6.45, 7) is -14.7. The molecule has 5 heteroatoms. The summed E-state index contributed by atoms with van der Waals surface area (Å²) in [4.78, 5) is 11.4. The average molecular weight is 305 g/mol. The van der Waals surface area contributed by atoms with Gasteiger partial charge < -0.3 is 19.9 Å². The van der Waals surface area contributed by atoms with Gasteiger partial charge in [-0.2, -0.15) is 0 Å². The zero-order valence-corrected chi connectivity index (χ0v) is 10.4. The quantitative estimate of drug-likeness (QED) is 0.887. The van der Waals surface area contributed by atoms with E-state index in [-0.39, 0.29) is 10.8 Å². The number of carbonyl (C=O) groups is 1.